The van der Waals surface area contributed by atoms with E-state index in [0.717, 1.165) is 11.1 Å². The van der Waals surface area contributed by atoms with Gasteiger partial charge in [-0.3, -0.25) is 14.2 Å². The number of ether oxygens (including phenoxy) is 2. The minimum absolute atomic E-state index is 0.0903. The van der Waals surface area contributed by atoms with E-state index in [0.29, 0.717) is 34.9 Å². The van der Waals surface area contributed by atoms with Crippen molar-refractivity contribution in [2.75, 3.05) is 7.11 Å². The lowest BCUT2D eigenvalue weighted by atomic mass is 10.2. The van der Waals surface area contributed by atoms with E-state index in [1.54, 1.807) is 13.2 Å². The molecular weight excluding hydrogens is 414 g/mol. The molecule has 0 spiro atoms. The van der Waals surface area contributed by atoms with Crippen LogP contribution in [-0.4, -0.2) is 22.6 Å². The van der Waals surface area contributed by atoms with Crippen LogP contribution in [0.5, 0.6) is 11.5 Å². The first kappa shape index (κ1) is 20.6. The van der Waals surface area contributed by atoms with Crippen molar-refractivity contribution in [2.24, 2.45) is 0 Å². The van der Waals surface area contributed by atoms with Gasteiger partial charge in [0.25, 0.3) is 5.56 Å². The number of benzene rings is 2. The molecule has 0 aliphatic heterocycles. The highest BCUT2D eigenvalue weighted by Crippen LogP contribution is 2.28. The fraction of sp³-hybridized carbons (Fsp3) is 0.174. The standard InChI is InChI=1S/C23H21N3O4S/c1-29-20-11-17(7-8-19(20)30-14-16-5-3-2-4-6-16)12-24-21(27)13-26-15-25-22-18(23(26)28)9-10-31-22/h2-11,15H,12-14H2,1H3,(H,24,27). The summed E-state index contributed by atoms with van der Waals surface area (Å²) in [6.07, 6.45) is 1.41. The predicted molar refractivity (Wildman–Crippen MR) is 119 cm³/mol. The Kier molecular flexibility index (Phi) is 6.28. The summed E-state index contributed by atoms with van der Waals surface area (Å²) in [4.78, 5) is 29.6. The second-order valence-electron chi connectivity index (χ2n) is 6.85. The number of hydrogen-bond donors (Lipinski definition) is 1. The van der Waals surface area contributed by atoms with Gasteiger partial charge in [0, 0.05) is 6.54 Å². The first-order chi connectivity index (χ1) is 15.1. The maximum Gasteiger partial charge on any atom is 0.262 e. The van der Waals surface area contributed by atoms with Crippen LogP contribution in [0, 0.1) is 0 Å². The number of methoxy groups -OCH3 is 1. The maximum absolute atomic E-state index is 12.4. The molecule has 0 unspecified atom stereocenters. The Bertz CT molecular complexity index is 1250. The van der Waals surface area contributed by atoms with Crippen molar-refractivity contribution < 1.29 is 14.3 Å². The van der Waals surface area contributed by atoms with Crippen LogP contribution in [-0.2, 0) is 24.5 Å². The van der Waals surface area contributed by atoms with Crippen LogP contribution in [0.1, 0.15) is 11.1 Å². The second-order valence-corrected chi connectivity index (χ2v) is 7.75. The Morgan fingerprint density at radius 2 is 1.94 bits per heavy atom. The monoisotopic (exact) mass is 435 g/mol. The van der Waals surface area contributed by atoms with Gasteiger partial charge in [-0.05, 0) is 34.7 Å². The summed E-state index contributed by atoms with van der Waals surface area (Å²) in [6.45, 7) is 0.647. The van der Waals surface area contributed by atoms with E-state index in [-0.39, 0.29) is 18.0 Å². The van der Waals surface area contributed by atoms with Gasteiger partial charge in [-0.15, -0.1) is 11.3 Å². The quantitative estimate of drug-likeness (QED) is 0.459. The van der Waals surface area contributed by atoms with Gasteiger partial charge in [0.05, 0.1) is 18.8 Å². The zero-order valence-corrected chi connectivity index (χ0v) is 17.7. The third-order valence-corrected chi connectivity index (χ3v) is 5.54. The van der Waals surface area contributed by atoms with Crippen molar-refractivity contribution in [3.05, 3.63) is 87.8 Å². The Balaban J connectivity index is 1.36. The minimum Gasteiger partial charge on any atom is -0.493 e. The third kappa shape index (κ3) is 4.92. The number of carbonyl (C=O) groups excluding carboxylic acids is 1. The van der Waals surface area contributed by atoms with Gasteiger partial charge in [-0.1, -0.05) is 36.4 Å². The van der Waals surface area contributed by atoms with Gasteiger partial charge in [-0.25, -0.2) is 4.98 Å². The molecule has 4 aromatic rings. The van der Waals surface area contributed by atoms with Crippen molar-refractivity contribution in [1.82, 2.24) is 14.9 Å². The summed E-state index contributed by atoms with van der Waals surface area (Å²) >= 11 is 1.40. The Morgan fingerprint density at radius 1 is 1.10 bits per heavy atom. The van der Waals surface area contributed by atoms with Crippen molar-refractivity contribution in [3.8, 4) is 11.5 Å². The van der Waals surface area contributed by atoms with Gasteiger partial charge in [-0.2, -0.15) is 0 Å². The summed E-state index contributed by atoms with van der Waals surface area (Å²) in [5.41, 5.74) is 1.70. The van der Waals surface area contributed by atoms with Crippen molar-refractivity contribution in [2.45, 2.75) is 19.7 Å². The number of thiophene rings is 1. The van der Waals surface area contributed by atoms with Gasteiger partial charge >= 0.3 is 0 Å². The van der Waals surface area contributed by atoms with E-state index < -0.39 is 0 Å². The summed E-state index contributed by atoms with van der Waals surface area (Å²) in [7, 11) is 1.58. The number of amides is 1. The maximum atomic E-state index is 12.4. The summed E-state index contributed by atoms with van der Waals surface area (Å²) in [5.74, 6) is 0.941. The van der Waals surface area contributed by atoms with Crippen LogP contribution in [0.25, 0.3) is 10.2 Å². The molecule has 0 atom stereocenters. The van der Waals surface area contributed by atoms with Crippen LogP contribution in [0.2, 0.25) is 0 Å². The lowest BCUT2D eigenvalue weighted by Gasteiger charge is -2.13. The third-order valence-electron chi connectivity index (χ3n) is 4.72. The molecule has 7 nitrogen and oxygen atoms in total. The van der Waals surface area contributed by atoms with E-state index in [9.17, 15) is 9.59 Å². The molecule has 2 aromatic heterocycles. The molecule has 1 amide bonds. The second kappa shape index (κ2) is 9.44. The lowest BCUT2D eigenvalue weighted by Crippen LogP contribution is -2.32. The molecule has 0 saturated heterocycles. The summed E-state index contributed by atoms with van der Waals surface area (Å²) in [5, 5.41) is 5.16. The van der Waals surface area contributed by atoms with E-state index in [4.69, 9.17) is 9.47 Å². The zero-order chi connectivity index (χ0) is 21.6. The average Bonchev–Trinajstić information content (AvgIpc) is 3.29. The molecule has 8 heteroatoms. The van der Waals surface area contributed by atoms with Crippen molar-refractivity contribution >= 4 is 27.5 Å². The van der Waals surface area contributed by atoms with Crippen LogP contribution in [0.15, 0.2) is 71.1 Å². The Labute approximate surface area is 182 Å². The molecule has 158 valence electrons. The van der Waals surface area contributed by atoms with E-state index in [1.807, 2.05) is 53.9 Å². The average molecular weight is 436 g/mol. The highest BCUT2D eigenvalue weighted by Gasteiger charge is 2.10. The van der Waals surface area contributed by atoms with E-state index in [1.165, 1.54) is 22.2 Å². The SMILES string of the molecule is COc1cc(CNC(=O)Cn2cnc3sccc3c2=O)ccc1OCc1ccccc1. The van der Waals surface area contributed by atoms with Gasteiger partial charge in [0.2, 0.25) is 5.91 Å². The molecule has 0 radical (unpaired) electrons. The van der Waals surface area contributed by atoms with Crippen molar-refractivity contribution in [1.29, 1.82) is 0 Å². The normalized spacial score (nSPS) is 10.7. The molecule has 2 aromatic carbocycles. The number of nitrogens with one attached hydrogen (secondary N) is 1. The first-order valence-corrected chi connectivity index (χ1v) is 10.5. The molecule has 0 bridgehead atoms. The minimum atomic E-state index is -0.276. The van der Waals surface area contributed by atoms with Crippen LogP contribution < -0.4 is 20.3 Å². The molecule has 0 aliphatic carbocycles. The van der Waals surface area contributed by atoms with Crippen LogP contribution >= 0.6 is 11.3 Å². The molecule has 1 N–H and O–H groups in total. The van der Waals surface area contributed by atoms with Gasteiger partial charge in [0.15, 0.2) is 11.5 Å². The number of fused-ring (bicyclic) bond motifs is 1. The molecule has 0 fully saturated rings. The molecule has 2 heterocycles. The topological polar surface area (TPSA) is 82.5 Å². The fourth-order valence-electron chi connectivity index (χ4n) is 3.09. The summed E-state index contributed by atoms with van der Waals surface area (Å²) < 4.78 is 12.6. The number of carbonyl (C=O) groups is 1. The molecular formula is C23H21N3O4S. The highest BCUT2D eigenvalue weighted by molar-refractivity contribution is 7.16. The predicted octanol–water partition coefficient (Wildman–Crippen LogP) is 3.36. The smallest absolute Gasteiger partial charge is 0.262 e. The van der Waals surface area contributed by atoms with Gasteiger partial charge in [0.1, 0.15) is 18.0 Å². The zero-order valence-electron chi connectivity index (χ0n) is 16.9. The number of nitrogens with zero attached hydrogens (tertiary/aromatic N) is 2. The summed E-state index contributed by atoms with van der Waals surface area (Å²) in [6, 6.07) is 17.1. The lowest BCUT2D eigenvalue weighted by molar-refractivity contribution is -0.121. The first-order valence-electron chi connectivity index (χ1n) is 9.67. The fourth-order valence-corrected chi connectivity index (χ4v) is 3.82. The van der Waals surface area contributed by atoms with E-state index in [2.05, 4.69) is 10.3 Å². The van der Waals surface area contributed by atoms with Gasteiger partial charge < -0.3 is 14.8 Å². The molecule has 0 aliphatic rings. The Morgan fingerprint density at radius 3 is 2.74 bits per heavy atom. The van der Waals surface area contributed by atoms with Crippen LogP contribution in [0.4, 0.5) is 0 Å². The highest BCUT2D eigenvalue weighted by atomic mass is 32.1. The van der Waals surface area contributed by atoms with Crippen LogP contribution in [0.3, 0.4) is 0 Å². The largest absolute Gasteiger partial charge is 0.493 e. The molecule has 4 rings (SSSR count). The molecule has 31 heavy (non-hydrogen) atoms. The number of aromatic nitrogens is 2. The Hall–Kier alpha value is -3.65. The van der Waals surface area contributed by atoms with E-state index >= 15 is 0 Å². The molecule has 0 saturated carbocycles. The van der Waals surface area contributed by atoms with Crippen molar-refractivity contribution in [3.63, 3.8) is 0 Å². The number of hydrogen-bond acceptors (Lipinski definition) is 6. The number of rotatable bonds is 8.